The maximum Gasteiger partial charge on any atom is 0.339 e. The summed E-state index contributed by atoms with van der Waals surface area (Å²) in [5, 5.41) is 12.9. The average molecular weight is 503 g/mol. The largest absolute Gasteiger partial charge is 0.452 e. The lowest BCUT2D eigenvalue weighted by Gasteiger charge is -2.09. The lowest BCUT2D eigenvalue weighted by molar-refractivity contribution is -0.119. The number of carbonyl (C=O) groups is 3. The fourth-order valence-corrected chi connectivity index (χ4v) is 3.91. The van der Waals surface area contributed by atoms with E-state index < -0.39 is 18.5 Å². The minimum atomic E-state index is -0.692. The first-order valence-corrected chi connectivity index (χ1v) is 11.9. The molecule has 10 heteroatoms. The van der Waals surface area contributed by atoms with Gasteiger partial charge in [-0.1, -0.05) is 53.1 Å². The van der Waals surface area contributed by atoms with E-state index in [-0.39, 0.29) is 29.1 Å². The quantitative estimate of drug-likeness (QED) is 0.252. The highest BCUT2D eigenvalue weighted by atomic mass is 32.2. The Balaban J connectivity index is 1.28. The van der Waals surface area contributed by atoms with Crippen molar-refractivity contribution >= 4 is 41.2 Å². The molecule has 0 fully saturated rings. The summed E-state index contributed by atoms with van der Waals surface area (Å²) in [5.41, 5.74) is 2.75. The standard InChI is InChI=1S/C26H22N4O5S/c1-17-11-13-19(14-12-17)27-23(32)16-36-21-10-6-5-9-20(21)25(33)34-15-22(31)28-26-30-29-24(35-26)18-7-3-2-4-8-18/h2-14H,15-16H2,1H3,(H,27,32)(H,28,30,31). The van der Waals surface area contributed by atoms with Crippen LogP contribution >= 0.6 is 11.8 Å². The van der Waals surface area contributed by atoms with Crippen molar-refractivity contribution in [2.24, 2.45) is 0 Å². The van der Waals surface area contributed by atoms with Crippen molar-refractivity contribution in [3.8, 4) is 11.5 Å². The van der Waals surface area contributed by atoms with Gasteiger partial charge in [0, 0.05) is 16.1 Å². The van der Waals surface area contributed by atoms with E-state index in [9.17, 15) is 14.4 Å². The van der Waals surface area contributed by atoms with Gasteiger partial charge in [0.2, 0.25) is 11.8 Å². The zero-order chi connectivity index (χ0) is 25.3. The van der Waals surface area contributed by atoms with Crippen molar-refractivity contribution in [2.75, 3.05) is 23.0 Å². The second kappa shape index (κ2) is 11.8. The number of nitrogens with zero attached hydrogens (tertiary/aromatic N) is 2. The summed E-state index contributed by atoms with van der Waals surface area (Å²) in [5.74, 6) is -1.18. The molecule has 0 aliphatic heterocycles. The first-order valence-electron chi connectivity index (χ1n) is 10.9. The highest BCUT2D eigenvalue weighted by Crippen LogP contribution is 2.24. The topological polar surface area (TPSA) is 123 Å². The van der Waals surface area contributed by atoms with Crippen LogP contribution in [-0.4, -0.2) is 40.3 Å². The third-order valence-corrected chi connectivity index (χ3v) is 5.90. The number of thioether (sulfide) groups is 1. The lowest BCUT2D eigenvalue weighted by Crippen LogP contribution is -2.21. The number of benzene rings is 3. The number of amides is 2. The number of carbonyl (C=O) groups excluding carboxylic acids is 3. The Labute approximate surface area is 211 Å². The van der Waals surface area contributed by atoms with Gasteiger partial charge in [-0.3, -0.25) is 14.9 Å². The van der Waals surface area contributed by atoms with Crippen LogP contribution in [0, 0.1) is 6.92 Å². The summed E-state index contributed by atoms with van der Waals surface area (Å²) in [6, 6.07) is 23.2. The maximum atomic E-state index is 12.6. The van der Waals surface area contributed by atoms with Crippen LogP contribution in [0.2, 0.25) is 0 Å². The molecule has 2 amide bonds. The molecule has 4 aromatic rings. The number of hydrogen-bond donors (Lipinski definition) is 2. The molecule has 0 saturated heterocycles. The number of ether oxygens (including phenoxy) is 1. The van der Waals surface area contributed by atoms with E-state index in [1.54, 1.807) is 36.4 Å². The van der Waals surface area contributed by atoms with Gasteiger partial charge in [-0.15, -0.1) is 16.9 Å². The van der Waals surface area contributed by atoms with Crippen molar-refractivity contribution in [1.29, 1.82) is 0 Å². The highest BCUT2D eigenvalue weighted by Gasteiger charge is 2.17. The SMILES string of the molecule is Cc1ccc(NC(=O)CSc2ccccc2C(=O)OCC(=O)Nc2nnc(-c3ccccc3)o2)cc1. The van der Waals surface area contributed by atoms with E-state index in [1.165, 1.54) is 11.8 Å². The Kier molecular flexibility index (Phi) is 8.09. The molecule has 0 aliphatic rings. The minimum absolute atomic E-state index is 0.0968. The smallest absolute Gasteiger partial charge is 0.339 e. The normalized spacial score (nSPS) is 10.5. The molecular formula is C26H22N4O5S. The Bertz CT molecular complexity index is 1360. The molecule has 4 rings (SSSR count). The Morgan fingerprint density at radius 1 is 0.861 bits per heavy atom. The van der Waals surface area contributed by atoms with Gasteiger partial charge in [0.15, 0.2) is 6.61 Å². The summed E-state index contributed by atoms with van der Waals surface area (Å²) in [6.07, 6.45) is 0. The van der Waals surface area contributed by atoms with Gasteiger partial charge >= 0.3 is 12.0 Å². The molecule has 182 valence electrons. The molecule has 0 saturated carbocycles. The van der Waals surface area contributed by atoms with Gasteiger partial charge in [0.25, 0.3) is 5.91 Å². The van der Waals surface area contributed by atoms with Crippen LogP contribution in [0.5, 0.6) is 0 Å². The average Bonchev–Trinajstić information content (AvgIpc) is 3.36. The molecule has 0 bridgehead atoms. The molecule has 0 atom stereocenters. The fourth-order valence-electron chi connectivity index (χ4n) is 3.07. The van der Waals surface area contributed by atoms with E-state index >= 15 is 0 Å². The maximum absolute atomic E-state index is 12.6. The molecule has 9 nitrogen and oxygen atoms in total. The molecule has 1 aromatic heterocycles. The number of aryl methyl sites for hydroxylation is 1. The van der Waals surface area contributed by atoms with Crippen molar-refractivity contribution < 1.29 is 23.5 Å². The first kappa shape index (κ1) is 24.7. The van der Waals surface area contributed by atoms with E-state index in [0.29, 0.717) is 16.1 Å². The van der Waals surface area contributed by atoms with Crippen LogP contribution in [-0.2, 0) is 14.3 Å². The van der Waals surface area contributed by atoms with Gasteiger partial charge in [-0.25, -0.2) is 4.79 Å². The number of hydrogen-bond acceptors (Lipinski definition) is 8. The van der Waals surface area contributed by atoms with E-state index in [2.05, 4.69) is 20.8 Å². The van der Waals surface area contributed by atoms with Gasteiger partial charge in [-0.2, -0.15) is 0 Å². The monoisotopic (exact) mass is 502 g/mol. The van der Waals surface area contributed by atoms with E-state index in [1.807, 2.05) is 49.4 Å². The lowest BCUT2D eigenvalue weighted by atomic mass is 10.2. The van der Waals surface area contributed by atoms with Gasteiger partial charge in [-0.05, 0) is 43.3 Å². The van der Waals surface area contributed by atoms with Crippen LogP contribution in [0.4, 0.5) is 11.7 Å². The van der Waals surface area contributed by atoms with Crippen molar-refractivity contribution in [1.82, 2.24) is 10.2 Å². The molecule has 2 N–H and O–H groups in total. The third-order valence-electron chi connectivity index (χ3n) is 4.83. The zero-order valence-electron chi connectivity index (χ0n) is 19.3. The van der Waals surface area contributed by atoms with Gasteiger partial charge in [0.1, 0.15) is 0 Å². The second-order valence-electron chi connectivity index (χ2n) is 7.60. The summed E-state index contributed by atoms with van der Waals surface area (Å²) in [4.78, 5) is 37.7. The van der Waals surface area contributed by atoms with Crippen molar-refractivity contribution in [3.05, 3.63) is 90.0 Å². The summed E-state index contributed by atoms with van der Waals surface area (Å²) in [7, 11) is 0. The number of nitrogens with one attached hydrogen (secondary N) is 2. The van der Waals surface area contributed by atoms with Crippen LogP contribution in [0.1, 0.15) is 15.9 Å². The molecule has 0 radical (unpaired) electrons. The van der Waals surface area contributed by atoms with E-state index in [0.717, 1.165) is 5.56 Å². The predicted molar refractivity (Wildman–Crippen MR) is 136 cm³/mol. The van der Waals surface area contributed by atoms with Gasteiger partial charge in [0.05, 0.1) is 11.3 Å². The molecule has 0 unspecified atom stereocenters. The first-order chi connectivity index (χ1) is 17.5. The highest BCUT2D eigenvalue weighted by molar-refractivity contribution is 8.00. The van der Waals surface area contributed by atoms with Crippen molar-refractivity contribution in [2.45, 2.75) is 11.8 Å². The Morgan fingerprint density at radius 2 is 1.58 bits per heavy atom. The predicted octanol–water partition coefficient (Wildman–Crippen LogP) is 4.57. The van der Waals surface area contributed by atoms with E-state index in [4.69, 9.17) is 9.15 Å². The minimum Gasteiger partial charge on any atom is -0.452 e. The van der Waals surface area contributed by atoms with Crippen LogP contribution in [0.25, 0.3) is 11.5 Å². The number of aromatic nitrogens is 2. The Hall–Kier alpha value is -4.44. The Morgan fingerprint density at radius 3 is 2.36 bits per heavy atom. The van der Waals surface area contributed by atoms with Gasteiger partial charge < -0.3 is 14.5 Å². The van der Waals surface area contributed by atoms with Crippen LogP contribution in [0.15, 0.2) is 88.2 Å². The molecule has 36 heavy (non-hydrogen) atoms. The second-order valence-corrected chi connectivity index (χ2v) is 8.62. The molecular weight excluding hydrogens is 480 g/mol. The fraction of sp³-hybridized carbons (Fsp3) is 0.115. The summed E-state index contributed by atoms with van der Waals surface area (Å²) < 4.78 is 10.6. The summed E-state index contributed by atoms with van der Waals surface area (Å²) >= 11 is 1.20. The molecule has 0 aliphatic carbocycles. The number of anilines is 2. The third kappa shape index (κ3) is 6.80. The summed E-state index contributed by atoms with van der Waals surface area (Å²) in [6.45, 7) is 1.42. The molecule has 3 aromatic carbocycles. The zero-order valence-corrected chi connectivity index (χ0v) is 20.1. The molecule has 1 heterocycles. The van der Waals surface area contributed by atoms with Crippen LogP contribution in [0.3, 0.4) is 0 Å². The molecule has 0 spiro atoms. The number of rotatable bonds is 9. The van der Waals surface area contributed by atoms with Crippen LogP contribution < -0.4 is 10.6 Å². The van der Waals surface area contributed by atoms with Crippen molar-refractivity contribution in [3.63, 3.8) is 0 Å². The number of esters is 1.